The van der Waals surface area contributed by atoms with Crippen LogP contribution in [0.5, 0.6) is 11.6 Å². The van der Waals surface area contributed by atoms with Crippen LogP contribution in [0.4, 0.5) is 24.6 Å². The Kier molecular flexibility index (Phi) is 18.8. The van der Waals surface area contributed by atoms with Gasteiger partial charge < -0.3 is 41.5 Å². The third-order valence-electron chi connectivity index (χ3n) is 14.8. The van der Waals surface area contributed by atoms with Crippen molar-refractivity contribution in [1.29, 1.82) is 10.5 Å². The maximum Gasteiger partial charge on any atom is 0.319 e. The minimum absolute atomic E-state index is 0.159. The first-order valence-electron chi connectivity index (χ1n) is 28.5. The first-order valence-corrected chi connectivity index (χ1v) is 31.2. The van der Waals surface area contributed by atoms with Gasteiger partial charge in [-0.05, 0) is 117 Å². The maximum atomic E-state index is 13.2. The van der Waals surface area contributed by atoms with E-state index in [1.54, 1.807) is 54.9 Å². The van der Waals surface area contributed by atoms with Gasteiger partial charge in [0.15, 0.2) is 0 Å². The highest BCUT2D eigenvalue weighted by Crippen LogP contribution is 2.40. The van der Waals surface area contributed by atoms with Gasteiger partial charge in [0.1, 0.15) is 32.4 Å². The number of thiazole rings is 3. The van der Waals surface area contributed by atoms with Crippen molar-refractivity contribution in [3.63, 3.8) is 0 Å². The SMILES string of the molecule is CC1=C(c2nc(-c3ccc(C#N)cc3)cs2)C(c2ccc(N(C)C)nc2)NC(=O)N1.CC1=C(c2nc(-c3ccc(C#N)cc3)cs2)C(c2ccc(Oc3ccccc3)nc2)NC(=O)N1.CC1=C(c2nc(-c3ccc(F)cc3)cs2)C(Cc2ccccc2)NC(=O)N1. The summed E-state index contributed by atoms with van der Waals surface area (Å²) in [5.41, 5.74) is 14.3. The monoisotopic (exact) mass is 1260 g/mol. The summed E-state index contributed by atoms with van der Waals surface area (Å²) < 4.78 is 19.0. The quantitative estimate of drug-likeness (QED) is 0.0631. The average molecular weight is 1260 g/mol. The number of nitrogens with zero attached hydrogens (tertiary/aromatic N) is 8. The minimum Gasteiger partial charge on any atom is -0.439 e. The Morgan fingerprint density at radius 3 is 1.38 bits per heavy atom. The van der Waals surface area contributed by atoms with E-state index < -0.39 is 6.04 Å². The second-order valence-corrected chi connectivity index (χ2v) is 23.8. The van der Waals surface area contributed by atoms with Crippen LogP contribution in [0.3, 0.4) is 0 Å². The molecule has 0 saturated heterocycles. The van der Waals surface area contributed by atoms with Crippen molar-refractivity contribution in [3.8, 4) is 57.5 Å². The van der Waals surface area contributed by atoms with E-state index in [2.05, 4.69) is 54.0 Å². The number of allylic oxidation sites excluding steroid dienone is 3. The molecule has 0 fully saturated rings. The molecule has 0 bridgehead atoms. The lowest BCUT2D eigenvalue weighted by Gasteiger charge is -2.28. The zero-order chi connectivity index (χ0) is 63.5. The van der Waals surface area contributed by atoms with E-state index in [0.29, 0.717) is 29.2 Å². The number of hydrogen-bond acceptors (Lipinski definition) is 15. The Morgan fingerprint density at radius 2 is 0.945 bits per heavy atom. The van der Waals surface area contributed by atoms with Crippen LogP contribution in [0.25, 0.3) is 50.5 Å². The fraction of sp³-hybridized carbons (Fsp3) is 0.130. The normalized spacial score (nSPS) is 16.0. The van der Waals surface area contributed by atoms with Gasteiger partial charge in [0.05, 0.1) is 58.5 Å². The van der Waals surface area contributed by atoms with Crippen molar-refractivity contribution in [2.45, 2.75) is 45.3 Å². The molecular weight excluding hydrogens is 1200 g/mol. The lowest BCUT2D eigenvalue weighted by Crippen LogP contribution is -2.48. The van der Waals surface area contributed by atoms with Crippen LogP contribution in [-0.2, 0) is 6.42 Å². The molecule has 0 aliphatic carbocycles. The molecule has 0 radical (unpaired) electrons. The summed E-state index contributed by atoms with van der Waals surface area (Å²) in [5.74, 6) is 1.75. The Labute approximate surface area is 536 Å². The van der Waals surface area contributed by atoms with Crippen LogP contribution in [0.1, 0.15) is 75.7 Å². The number of hydrogen-bond donors (Lipinski definition) is 6. The molecule has 3 unspecified atom stereocenters. The largest absolute Gasteiger partial charge is 0.439 e. The Hall–Kier alpha value is -11.2. The van der Waals surface area contributed by atoms with Crippen LogP contribution >= 0.6 is 34.0 Å². The van der Waals surface area contributed by atoms with Gasteiger partial charge >= 0.3 is 18.1 Å². The fourth-order valence-electron chi connectivity index (χ4n) is 10.2. The molecule has 5 aromatic carbocycles. The zero-order valence-corrected chi connectivity index (χ0v) is 52.1. The second-order valence-electron chi connectivity index (χ2n) is 21.2. The number of pyridine rings is 2. The highest BCUT2D eigenvalue weighted by Gasteiger charge is 2.33. The first kappa shape index (κ1) is 61.5. The van der Waals surface area contributed by atoms with Crippen molar-refractivity contribution in [2.75, 3.05) is 19.0 Å². The molecule has 18 nitrogen and oxygen atoms in total. The van der Waals surface area contributed by atoms with Crippen molar-refractivity contribution < 1.29 is 23.5 Å². The number of para-hydroxylation sites is 1. The number of benzene rings is 5. The minimum atomic E-state index is -0.410. The number of amides is 6. The van der Waals surface area contributed by atoms with E-state index in [0.717, 1.165) is 105 Å². The summed E-state index contributed by atoms with van der Waals surface area (Å²) in [7, 11) is 3.87. The number of anilines is 1. The lowest BCUT2D eigenvalue weighted by atomic mass is 9.96. The molecule has 5 aromatic heterocycles. The predicted octanol–water partition coefficient (Wildman–Crippen LogP) is 14.2. The molecule has 13 rings (SSSR count). The number of aromatic nitrogens is 5. The number of rotatable bonds is 13. The molecule has 3 aliphatic rings. The number of carbonyl (C=O) groups excluding carboxylic acids is 3. The van der Waals surface area contributed by atoms with Gasteiger partial charge in [0, 0.05) is 99.2 Å². The van der Waals surface area contributed by atoms with Gasteiger partial charge in [0.25, 0.3) is 0 Å². The topological polar surface area (TPSA) is 248 Å². The lowest BCUT2D eigenvalue weighted by molar-refractivity contribution is 0.239. The van der Waals surface area contributed by atoms with Gasteiger partial charge in [-0.3, -0.25) is 0 Å². The van der Waals surface area contributed by atoms with E-state index in [9.17, 15) is 18.8 Å². The van der Waals surface area contributed by atoms with Crippen LogP contribution in [-0.4, -0.2) is 63.2 Å². The molecule has 10 aromatic rings. The summed E-state index contributed by atoms with van der Waals surface area (Å²) >= 11 is 4.54. The van der Waals surface area contributed by atoms with Crippen molar-refractivity contribution in [3.05, 3.63) is 252 Å². The van der Waals surface area contributed by atoms with Crippen molar-refractivity contribution in [2.24, 2.45) is 0 Å². The molecule has 6 N–H and O–H groups in total. The molecule has 22 heteroatoms. The number of carbonyl (C=O) groups is 3. The van der Waals surface area contributed by atoms with E-state index in [4.69, 9.17) is 30.2 Å². The third-order valence-corrected chi connectivity index (χ3v) is 17.4. The van der Waals surface area contributed by atoms with Crippen LogP contribution in [0, 0.1) is 28.5 Å². The number of urea groups is 3. The van der Waals surface area contributed by atoms with Crippen LogP contribution in [0.2, 0.25) is 0 Å². The van der Waals surface area contributed by atoms with Crippen LogP contribution in [0.15, 0.2) is 203 Å². The van der Waals surface area contributed by atoms with Gasteiger partial charge in [-0.15, -0.1) is 34.0 Å². The smallest absolute Gasteiger partial charge is 0.319 e. The molecule has 3 aliphatic heterocycles. The maximum absolute atomic E-state index is 13.2. The van der Waals surface area contributed by atoms with Crippen molar-refractivity contribution in [1.82, 2.24) is 56.8 Å². The zero-order valence-electron chi connectivity index (χ0n) is 49.7. The summed E-state index contributed by atoms with van der Waals surface area (Å²) in [6, 6.07) is 50.6. The van der Waals surface area contributed by atoms with E-state index in [1.165, 1.54) is 46.1 Å². The summed E-state index contributed by atoms with van der Waals surface area (Å²) in [6.07, 6.45) is 4.18. The van der Waals surface area contributed by atoms with Gasteiger partial charge in [-0.1, -0.05) is 78.9 Å². The third kappa shape index (κ3) is 14.7. The molecule has 8 heterocycles. The number of ether oxygens (including phenoxy) is 1. The molecule has 0 spiro atoms. The van der Waals surface area contributed by atoms with Gasteiger partial charge in [-0.25, -0.2) is 43.7 Å². The number of nitrogens with one attached hydrogen (secondary N) is 6. The predicted molar refractivity (Wildman–Crippen MR) is 354 cm³/mol. The molecule has 3 atom stereocenters. The highest BCUT2D eigenvalue weighted by atomic mass is 32.1. The van der Waals surface area contributed by atoms with Gasteiger partial charge in [-0.2, -0.15) is 10.5 Å². The molecule has 452 valence electrons. The Morgan fingerprint density at radius 1 is 0.516 bits per heavy atom. The fourth-order valence-corrected chi connectivity index (χ4v) is 13.1. The molecule has 91 heavy (non-hydrogen) atoms. The molecular formula is C69H57FN14O4S3. The Bertz CT molecular complexity index is 4460. The number of nitriles is 2. The second kappa shape index (κ2) is 27.9. The van der Waals surface area contributed by atoms with E-state index in [-0.39, 0.29) is 36.0 Å². The Balaban J connectivity index is 0.000000141. The number of halogens is 1. The molecule has 0 saturated carbocycles. The van der Waals surface area contributed by atoms with E-state index in [1.807, 2.05) is 159 Å². The average Bonchev–Trinajstić information content (AvgIpc) is 2.40. The first-order chi connectivity index (χ1) is 44.2. The highest BCUT2D eigenvalue weighted by molar-refractivity contribution is 7.11. The summed E-state index contributed by atoms with van der Waals surface area (Å²) in [4.78, 5) is 61.7. The molecule has 6 amide bonds. The van der Waals surface area contributed by atoms with Crippen molar-refractivity contribution >= 4 is 74.6 Å². The summed E-state index contributed by atoms with van der Waals surface area (Å²) in [6.45, 7) is 5.64. The summed E-state index contributed by atoms with van der Waals surface area (Å²) in [5, 5.41) is 43.9. The van der Waals surface area contributed by atoms with E-state index >= 15 is 0 Å². The van der Waals surface area contributed by atoms with Gasteiger partial charge in [0.2, 0.25) is 5.88 Å². The standard InChI is InChI=1S/C26H19N5O2S.C22H20N6OS.C21H18FN3OS/c1-16-23(25-30-21(15-34-25)18-9-7-17(13-27)8-10-18)24(31-26(32)29-16)19-11-12-22(28-14-19)33-20-5-3-2-4-6-20;1-13-19(21-26-17(12-30-21)15-6-4-14(10-23)5-7-15)20(27-22(29)25-13)16-8-9-18(24-11-16)28(2)3;1-13-19(17(25-21(26)23-13)11-14-5-3-2-4-6-14)20-24-18(12-27-20)15-7-9-16(22)10-8-15/h2-12,14-15,24H,1H3,(H2,29,31,32);4-9,11-12,20H,1-3H3,(H2,25,27,29);2-10,12,17H,11H2,1H3,(H2,23,25,26). The van der Waals surface area contributed by atoms with Crippen LogP contribution < -0.4 is 41.5 Å².